The Hall–Kier alpha value is -3.00. The van der Waals surface area contributed by atoms with E-state index in [1.165, 1.54) is 12.1 Å². The zero-order valence-corrected chi connectivity index (χ0v) is 17.2. The molecule has 1 heterocycles. The Labute approximate surface area is 173 Å². The summed E-state index contributed by atoms with van der Waals surface area (Å²) in [5, 5.41) is 7.04. The first-order valence-electron chi connectivity index (χ1n) is 9.42. The van der Waals surface area contributed by atoms with Crippen molar-refractivity contribution < 1.29 is 13.9 Å². The quantitative estimate of drug-likeness (QED) is 0.562. The van der Waals surface area contributed by atoms with Gasteiger partial charge in [0.25, 0.3) is 0 Å². The molecule has 0 saturated heterocycles. The summed E-state index contributed by atoms with van der Waals surface area (Å²) in [7, 11) is 0. The van der Waals surface area contributed by atoms with Crippen LogP contribution in [0.15, 0.2) is 48.5 Å². The lowest BCUT2D eigenvalue weighted by Gasteiger charge is -2.21. The lowest BCUT2D eigenvalue weighted by Crippen LogP contribution is -2.33. The van der Waals surface area contributed by atoms with Crippen LogP contribution < -0.4 is 4.74 Å². The molecule has 2 aromatic carbocycles. The van der Waals surface area contributed by atoms with Crippen LogP contribution in [-0.4, -0.2) is 38.7 Å². The lowest BCUT2D eigenvalue weighted by molar-refractivity contribution is -0.132. The molecule has 6 nitrogen and oxygen atoms in total. The molecule has 0 unspecified atom stereocenters. The topological polar surface area (TPSA) is 63.1 Å². The maximum atomic E-state index is 13.5. The van der Waals surface area contributed by atoms with Gasteiger partial charge in [0.05, 0.1) is 6.61 Å². The predicted molar refractivity (Wildman–Crippen MR) is 112 cm³/mol. The van der Waals surface area contributed by atoms with E-state index in [2.05, 4.69) is 10.2 Å². The van der Waals surface area contributed by atoms with Crippen LogP contribution >= 0.6 is 12.2 Å². The Bertz CT molecular complexity index is 1030. The normalized spacial score (nSPS) is 10.7. The molecule has 0 aliphatic heterocycles. The number of amides is 1. The highest BCUT2D eigenvalue weighted by Gasteiger charge is 2.17. The number of nitrogens with zero attached hydrogens (tertiary/aromatic N) is 3. The molecule has 152 valence electrons. The third-order valence-corrected chi connectivity index (χ3v) is 4.78. The minimum atomic E-state index is -0.319. The average molecular weight is 415 g/mol. The number of nitrogens with one attached hydrogen (secondary N) is 1. The van der Waals surface area contributed by atoms with Gasteiger partial charge in [0.2, 0.25) is 5.91 Å². The monoisotopic (exact) mass is 414 g/mol. The van der Waals surface area contributed by atoms with Gasteiger partial charge < -0.3 is 9.64 Å². The average Bonchev–Trinajstić information content (AvgIpc) is 3.07. The second kappa shape index (κ2) is 9.47. The molecule has 1 aromatic heterocycles. The number of hydrogen-bond acceptors (Lipinski definition) is 4. The minimum Gasteiger partial charge on any atom is -0.494 e. The first kappa shape index (κ1) is 20.7. The Morgan fingerprint density at radius 3 is 2.66 bits per heavy atom. The molecule has 0 atom stereocenters. The summed E-state index contributed by atoms with van der Waals surface area (Å²) < 4.78 is 21.0. The molecule has 1 N–H and O–H groups in total. The summed E-state index contributed by atoms with van der Waals surface area (Å²) in [6, 6.07) is 13.7. The zero-order chi connectivity index (χ0) is 20.8. The van der Waals surface area contributed by atoms with Crippen LogP contribution in [0.4, 0.5) is 4.39 Å². The maximum absolute atomic E-state index is 13.5. The summed E-state index contributed by atoms with van der Waals surface area (Å²) in [4.78, 5) is 14.6. The van der Waals surface area contributed by atoms with E-state index in [0.717, 1.165) is 16.9 Å². The number of hydrogen-bond donors (Lipinski definition) is 1. The molecule has 0 radical (unpaired) electrons. The van der Waals surface area contributed by atoms with Crippen molar-refractivity contribution in [2.24, 2.45) is 0 Å². The molecule has 29 heavy (non-hydrogen) atoms. The summed E-state index contributed by atoms with van der Waals surface area (Å²) in [6.45, 7) is 5.27. The van der Waals surface area contributed by atoms with Crippen molar-refractivity contribution in [1.82, 2.24) is 19.7 Å². The molecule has 3 rings (SSSR count). The van der Waals surface area contributed by atoms with Gasteiger partial charge >= 0.3 is 0 Å². The Balaban J connectivity index is 1.79. The number of halogens is 1. The Kier molecular flexibility index (Phi) is 6.77. The fraction of sp³-hybridized carbons (Fsp3) is 0.286. The van der Waals surface area contributed by atoms with Gasteiger partial charge in [0.15, 0.2) is 10.6 Å². The van der Waals surface area contributed by atoms with Gasteiger partial charge in [0, 0.05) is 18.7 Å². The molecule has 0 spiro atoms. The first-order valence-corrected chi connectivity index (χ1v) is 9.83. The standard InChI is InChI=1S/C21H23FN4O2S/c1-3-25(13-15-6-5-7-17(22)12-15)19(27)14-26-20(23-24-21(26)29)16-8-10-18(11-9-16)28-4-2/h5-12H,3-4,13-14H2,1-2H3,(H,24,29). The van der Waals surface area contributed by atoms with Crippen LogP contribution in [0.3, 0.4) is 0 Å². The van der Waals surface area contributed by atoms with Crippen LogP contribution in [0, 0.1) is 10.6 Å². The summed E-state index contributed by atoms with van der Waals surface area (Å²) >= 11 is 5.33. The first-order chi connectivity index (χ1) is 14.0. The minimum absolute atomic E-state index is 0.0427. The number of ether oxygens (including phenoxy) is 1. The highest BCUT2D eigenvalue weighted by molar-refractivity contribution is 7.71. The van der Waals surface area contributed by atoms with E-state index in [1.807, 2.05) is 38.1 Å². The molecule has 3 aromatic rings. The maximum Gasteiger partial charge on any atom is 0.242 e. The van der Waals surface area contributed by atoms with Gasteiger partial charge in [-0.3, -0.25) is 14.5 Å². The van der Waals surface area contributed by atoms with Crippen molar-refractivity contribution in [1.29, 1.82) is 0 Å². The number of rotatable bonds is 8. The zero-order valence-electron chi connectivity index (χ0n) is 16.4. The molecule has 0 aliphatic carbocycles. The van der Waals surface area contributed by atoms with Crippen molar-refractivity contribution in [2.45, 2.75) is 26.9 Å². The van der Waals surface area contributed by atoms with Gasteiger partial charge in [-0.05, 0) is 68.0 Å². The van der Waals surface area contributed by atoms with Gasteiger partial charge in [-0.15, -0.1) is 0 Å². The van der Waals surface area contributed by atoms with E-state index in [4.69, 9.17) is 17.0 Å². The molecule has 0 fully saturated rings. The largest absolute Gasteiger partial charge is 0.494 e. The molecular weight excluding hydrogens is 391 g/mol. The van der Waals surface area contributed by atoms with E-state index in [0.29, 0.717) is 30.3 Å². The number of carbonyl (C=O) groups is 1. The van der Waals surface area contributed by atoms with E-state index >= 15 is 0 Å². The van der Waals surface area contributed by atoms with Crippen LogP contribution in [0.2, 0.25) is 0 Å². The van der Waals surface area contributed by atoms with Crippen LogP contribution in [0.1, 0.15) is 19.4 Å². The SMILES string of the molecule is CCOc1ccc(-c2n[nH]c(=S)n2CC(=O)N(CC)Cc2cccc(F)c2)cc1. The second-order valence-electron chi connectivity index (χ2n) is 6.43. The number of benzene rings is 2. The van der Waals surface area contributed by atoms with Gasteiger partial charge in [-0.25, -0.2) is 4.39 Å². The van der Waals surface area contributed by atoms with Crippen molar-refractivity contribution in [3.05, 3.63) is 64.7 Å². The smallest absolute Gasteiger partial charge is 0.242 e. The van der Waals surface area contributed by atoms with E-state index in [9.17, 15) is 9.18 Å². The Morgan fingerprint density at radius 2 is 2.00 bits per heavy atom. The third-order valence-electron chi connectivity index (χ3n) is 4.47. The van der Waals surface area contributed by atoms with Gasteiger partial charge in [-0.1, -0.05) is 12.1 Å². The summed E-state index contributed by atoms with van der Waals surface area (Å²) in [6.07, 6.45) is 0. The molecule has 0 saturated carbocycles. The predicted octanol–water partition coefficient (Wildman–Crippen LogP) is 4.19. The lowest BCUT2D eigenvalue weighted by atomic mass is 10.2. The molecular formula is C21H23FN4O2S. The summed E-state index contributed by atoms with van der Waals surface area (Å²) in [5.41, 5.74) is 1.56. The van der Waals surface area contributed by atoms with Crippen molar-refractivity contribution in [2.75, 3.05) is 13.2 Å². The third kappa shape index (κ3) is 5.08. The van der Waals surface area contributed by atoms with E-state index in [-0.39, 0.29) is 18.3 Å². The number of H-pyrrole nitrogens is 1. The summed E-state index contributed by atoms with van der Waals surface area (Å²) in [5.74, 6) is 0.899. The van der Waals surface area contributed by atoms with Crippen LogP contribution in [-0.2, 0) is 17.9 Å². The van der Waals surface area contributed by atoms with Crippen molar-refractivity contribution in [3.63, 3.8) is 0 Å². The number of aromatic amines is 1. The molecule has 8 heteroatoms. The van der Waals surface area contributed by atoms with E-state index in [1.54, 1.807) is 21.6 Å². The molecule has 0 aliphatic rings. The number of likely N-dealkylation sites (N-methyl/N-ethyl adjacent to an activating group) is 1. The van der Waals surface area contributed by atoms with E-state index < -0.39 is 0 Å². The fourth-order valence-electron chi connectivity index (χ4n) is 3.02. The van der Waals surface area contributed by atoms with Crippen LogP contribution in [0.5, 0.6) is 5.75 Å². The van der Waals surface area contributed by atoms with Crippen molar-refractivity contribution >= 4 is 18.1 Å². The van der Waals surface area contributed by atoms with Crippen molar-refractivity contribution in [3.8, 4) is 17.1 Å². The highest BCUT2D eigenvalue weighted by Crippen LogP contribution is 2.21. The second-order valence-corrected chi connectivity index (χ2v) is 6.82. The van der Waals surface area contributed by atoms with Gasteiger partial charge in [0.1, 0.15) is 18.1 Å². The molecule has 0 bridgehead atoms. The van der Waals surface area contributed by atoms with Crippen LogP contribution in [0.25, 0.3) is 11.4 Å². The molecule has 1 amide bonds. The number of aromatic nitrogens is 3. The fourth-order valence-corrected chi connectivity index (χ4v) is 3.22. The number of carbonyl (C=O) groups excluding carboxylic acids is 1. The Morgan fingerprint density at radius 1 is 1.24 bits per heavy atom. The van der Waals surface area contributed by atoms with Gasteiger partial charge in [-0.2, -0.15) is 5.10 Å². The highest BCUT2D eigenvalue weighted by atomic mass is 32.1.